The van der Waals surface area contributed by atoms with Crippen molar-refractivity contribution in [2.75, 3.05) is 33.4 Å². The molecule has 1 atom stereocenters. The molecule has 0 saturated heterocycles. The molecule has 0 saturated carbocycles. The van der Waals surface area contributed by atoms with Crippen LogP contribution in [0.5, 0.6) is 5.75 Å². The monoisotopic (exact) mass is 302 g/mol. The van der Waals surface area contributed by atoms with Gasteiger partial charge in [-0.05, 0) is 30.3 Å². The fourth-order valence-electron chi connectivity index (χ4n) is 2.79. The number of hydrogen-bond acceptors (Lipinski definition) is 4. The maximum Gasteiger partial charge on any atom is 0.124 e. The minimum Gasteiger partial charge on any atom is -0.493 e. The molecule has 0 radical (unpaired) electrons. The van der Waals surface area contributed by atoms with E-state index >= 15 is 0 Å². The second-order valence-corrected chi connectivity index (χ2v) is 5.50. The van der Waals surface area contributed by atoms with Gasteiger partial charge in [-0.3, -0.25) is 4.90 Å². The van der Waals surface area contributed by atoms with Crippen LogP contribution < -0.4 is 10.5 Å². The SMILES string of the molecule is CCCOc1ccc2ccccc2c1C(CN)N(C)CCO. The molecule has 0 heterocycles. The average Bonchev–Trinajstić information content (AvgIpc) is 2.54. The number of fused-ring (bicyclic) bond motifs is 1. The summed E-state index contributed by atoms with van der Waals surface area (Å²) in [5, 5.41) is 11.6. The molecule has 1 unspecified atom stereocenters. The Bertz CT molecular complexity index is 601. The van der Waals surface area contributed by atoms with Crippen LogP contribution in [-0.4, -0.2) is 43.4 Å². The summed E-state index contributed by atoms with van der Waals surface area (Å²) in [6.45, 7) is 3.96. The van der Waals surface area contributed by atoms with Crippen LogP contribution in [0.3, 0.4) is 0 Å². The van der Waals surface area contributed by atoms with E-state index in [1.807, 2.05) is 25.2 Å². The highest BCUT2D eigenvalue weighted by molar-refractivity contribution is 5.88. The van der Waals surface area contributed by atoms with Crippen molar-refractivity contribution in [3.8, 4) is 5.75 Å². The van der Waals surface area contributed by atoms with Gasteiger partial charge >= 0.3 is 0 Å². The normalized spacial score (nSPS) is 12.8. The first kappa shape index (κ1) is 16.7. The zero-order chi connectivity index (χ0) is 15.9. The maximum atomic E-state index is 9.24. The molecular weight excluding hydrogens is 276 g/mol. The Morgan fingerprint density at radius 3 is 2.68 bits per heavy atom. The predicted octanol–water partition coefficient (Wildman–Crippen LogP) is 2.55. The van der Waals surface area contributed by atoms with E-state index in [4.69, 9.17) is 10.5 Å². The highest BCUT2D eigenvalue weighted by atomic mass is 16.5. The van der Waals surface area contributed by atoms with Crippen LogP contribution >= 0.6 is 0 Å². The zero-order valence-electron chi connectivity index (χ0n) is 13.5. The van der Waals surface area contributed by atoms with E-state index < -0.39 is 0 Å². The molecule has 120 valence electrons. The van der Waals surface area contributed by atoms with Gasteiger partial charge in [0.25, 0.3) is 0 Å². The summed E-state index contributed by atoms with van der Waals surface area (Å²) in [4.78, 5) is 2.08. The number of rotatable bonds is 8. The lowest BCUT2D eigenvalue weighted by Gasteiger charge is -2.29. The standard InChI is InChI=1S/C18H26N2O2/c1-3-12-22-17-9-8-14-6-4-5-7-15(14)18(17)16(13-19)20(2)10-11-21/h4-9,16,21H,3,10-13,19H2,1-2H3. The molecule has 0 fully saturated rings. The number of aliphatic hydroxyl groups is 1. The molecule has 2 aromatic carbocycles. The fraction of sp³-hybridized carbons (Fsp3) is 0.444. The lowest BCUT2D eigenvalue weighted by atomic mass is 9.96. The van der Waals surface area contributed by atoms with Crippen molar-refractivity contribution in [1.82, 2.24) is 4.90 Å². The van der Waals surface area contributed by atoms with Crippen molar-refractivity contribution in [2.45, 2.75) is 19.4 Å². The number of nitrogens with two attached hydrogens (primary N) is 1. The molecule has 0 aliphatic heterocycles. The summed E-state index contributed by atoms with van der Waals surface area (Å²) in [6.07, 6.45) is 0.964. The number of likely N-dealkylation sites (N-methyl/N-ethyl adjacent to an activating group) is 1. The van der Waals surface area contributed by atoms with Crippen LogP contribution in [0, 0.1) is 0 Å². The molecule has 2 aromatic rings. The number of nitrogens with zero attached hydrogens (tertiary/aromatic N) is 1. The first-order chi connectivity index (χ1) is 10.7. The molecule has 0 aliphatic rings. The quantitative estimate of drug-likeness (QED) is 0.787. The summed E-state index contributed by atoms with van der Waals surface area (Å²) >= 11 is 0. The maximum absolute atomic E-state index is 9.24. The summed E-state index contributed by atoms with van der Waals surface area (Å²) < 4.78 is 5.96. The van der Waals surface area contributed by atoms with Gasteiger partial charge < -0.3 is 15.6 Å². The first-order valence-electron chi connectivity index (χ1n) is 7.88. The van der Waals surface area contributed by atoms with Crippen LogP contribution in [0.15, 0.2) is 36.4 Å². The van der Waals surface area contributed by atoms with Gasteiger partial charge in [0.1, 0.15) is 5.75 Å². The fourth-order valence-corrected chi connectivity index (χ4v) is 2.79. The van der Waals surface area contributed by atoms with E-state index in [1.165, 1.54) is 5.39 Å². The topological polar surface area (TPSA) is 58.7 Å². The number of hydrogen-bond donors (Lipinski definition) is 2. The van der Waals surface area contributed by atoms with Crippen molar-refractivity contribution in [3.05, 3.63) is 42.0 Å². The molecule has 0 amide bonds. The second kappa shape index (κ2) is 8.13. The van der Waals surface area contributed by atoms with E-state index in [0.717, 1.165) is 23.1 Å². The van der Waals surface area contributed by atoms with Crippen LogP contribution in [-0.2, 0) is 0 Å². The lowest BCUT2D eigenvalue weighted by molar-refractivity contribution is 0.181. The number of aliphatic hydroxyl groups excluding tert-OH is 1. The largest absolute Gasteiger partial charge is 0.493 e. The van der Waals surface area contributed by atoms with Crippen molar-refractivity contribution in [1.29, 1.82) is 0 Å². The van der Waals surface area contributed by atoms with Gasteiger partial charge in [0, 0.05) is 18.7 Å². The smallest absolute Gasteiger partial charge is 0.124 e. The van der Waals surface area contributed by atoms with Crippen molar-refractivity contribution < 1.29 is 9.84 Å². The van der Waals surface area contributed by atoms with Gasteiger partial charge in [-0.1, -0.05) is 37.3 Å². The van der Waals surface area contributed by atoms with Crippen molar-refractivity contribution in [2.24, 2.45) is 5.73 Å². The van der Waals surface area contributed by atoms with Crippen LogP contribution in [0.4, 0.5) is 0 Å². The molecule has 3 N–H and O–H groups in total. The van der Waals surface area contributed by atoms with Crippen LogP contribution in [0.2, 0.25) is 0 Å². The summed E-state index contributed by atoms with van der Waals surface area (Å²) in [5.74, 6) is 0.890. The Morgan fingerprint density at radius 1 is 1.23 bits per heavy atom. The molecule has 22 heavy (non-hydrogen) atoms. The summed E-state index contributed by atoms with van der Waals surface area (Å²) in [7, 11) is 1.99. The van der Waals surface area contributed by atoms with E-state index in [9.17, 15) is 5.11 Å². The zero-order valence-corrected chi connectivity index (χ0v) is 13.5. The van der Waals surface area contributed by atoms with Gasteiger partial charge in [0.15, 0.2) is 0 Å². The Hall–Kier alpha value is -1.62. The molecule has 0 aromatic heterocycles. The van der Waals surface area contributed by atoms with Gasteiger partial charge in [-0.15, -0.1) is 0 Å². The Morgan fingerprint density at radius 2 is 2.00 bits per heavy atom. The second-order valence-electron chi connectivity index (χ2n) is 5.50. The number of benzene rings is 2. The predicted molar refractivity (Wildman–Crippen MR) is 91.2 cm³/mol. The highest BCUT2D eigenvalue weighted by Crippen LogP contribution is 2.35. The Labute approximate surface area is 132 Å². The van der Waals surface area contributed by atoms with Gasteiger partial charge in [0.05, 0.1) is 19.3 Å². The van der Waals surface area contributed by atoms with E-state index in [1.54, 1.807) is 0 Å². The lowest BCUT2D eigenvalue weighted by Crippen LogP contribution is -2.33. The molecule has 0 bridgehead atoms. The van der Waals surface area contributed by atoms with Gasteiger partial charge in [-0.2, -0.15) is 0 Å². The summed E-state index contributed by atoms with van der Waals surface area (Å²) in [6, 6.07) is 12.4. The van der Waals surface area contributed by atoms with E-state index in [0.29, 0.717) is 19.7 Å². The minimum atomic E-state index is 0.0186. The van der Waals surface area contributed by atoms with E-state index in [2.05, 4.69) is 30.0 Å². The van der Waals surface area contributed by atoms with E-state index in [-0.39, 0.29) is 12.6 Å². The molecule has 0 spiro atoms. The summed E-state index contributed by atoms with van der Waals surface area (Å²) in [5.41, 5.74) is 7.16. The van der Waals surface area contributed by atoms with Crippen molar-refractivity contribution >= 4 is 10.8 Å². The minimum absolute atomic E-state index is 0.0186. The molecular formula is C18H26N2O2. The third-order valence-electron chi connectivity index (χ3n) is 3.93. The van der Waals surface area contributed by atoms with Gasteiger partial charge in [0.2, 0.25) is 0 Å². The first-order valence-corrected chi connectivity index (χ1v) is 7.88. The van der Waals surface area contributed by atoms with Crippen LogP contribution in [0.1, 0.15) is 24.9 Å². The van der Waals surface area contributed by atoms with Crippen LogP contribution in [0.25, 0.3) is 10.8 Å². The Balaban J connectivity index is 2.54. The van der Waals surface area contributed by atoms with Gasteiger partial charge in [-0.25, -0.2) is 0 Å². The molecule has 2 rings (SSSR count). The molecule has 0 aliphatic carbocycles. The number of ether oxygens (including phenoxy) is 1. The third kappa shape index (κ3) is 3.58. The Kier molecular flexibility index (Phi) is 6.19. The average molecular weight is 302 g/mol. The molecule has 4 nitrogen and oxygen atoms in total. The third-order valence-corrected chi connectivity index (χ3v) is 3.93. The van der Waals surface area contributed by atoms with Crippen molar-refractivity contribution in [3.63, 3.8) is 0 Å². The molecule has 4 heteroatoms. The highest BCUT2D eigenvalue weighted by Gasteiger charge is 2.22.